The van der Waals surface area contributed by atoms with Gasteiger partial charge in [0.05, 0.1) is 7.11 Å². The van der Waals surface area contributed by atoms with Crippen molar-refractivity contribution in [2.45, 2.75) is 32.8 Å². The van der Waals surface area contributed by atoms with Gasteiger partial charge in [0, 0.05) is 17.0 Å². The first-order chi connectivity index (χ1) is 14.8. The Labute approximate surface area is 181 Å². The summed E-state index contributed by atoms with van der Waals surface area (Å²) in [4.78, 5) is 45.6. The molecule has 0 saturated carbocycles. The van der Waals surface area contributed by atoms with Crippen LogP contribution in [0.1, 0.15) is 47.4 Å². The molecule has 2 unspecified atom stereocenters. The topological polar surface area (TPSA) is 86.7 Å². The van der Waals surface area contributed by atoms with E-state index >= 15 is 0 Å². The Morgan fingerprint density at radius 2 is 1.29 bits per heavy atom. The Morgan fingerprint density at radius 1 is 0.806 bits per heavy atom. The third-order valence-electron chi connectivity index (χ3n) is 4.84. The molecular weight excluding hydrogens is 396 g/mol. The van der Waals surface area contributed by atoms with Crippen molar-refractivity contribution in [1.82, 2.24) is 0 Å². The summed E-state index contributed by atoms with van der Waals surface area (Å²) in [5.74, 6) is -2.60. The summed E-state index contributed by atoms with van der Waals surface area (Å²) in [5.41, 5.74) is 2.04. The Hall–Kier alpha value is -3.54. The van der Waals surface area contributed by atoms with Crippen molar-refractivity contribution in [2.75, 3.05) is 7.11 Å². The van der Waals surface area contributed by atoms with E-state index in [1.54, 1.807) is 60.7 Å². The minimum absolute atomic E-state index is 0.168. The van der Waals surface area contributed by atoms with Crippen LogP contribution in [0.4, 0.5) is 0 Å². The normalized spacial score (nSPS) is 17.3. The van der Waals surface area contributed by atoms with Crippen molar-refractivity contribution in [2.24, 2.45) is 5.92 Å². The standard InChI is InChI=1S/C16H18O3.C9H8O3/c1-11-8-9-14(12(2)10-11)19-16(18)15(17)13-6-4-3-5-7-13;1-12-9(11)8(10)7-5-3-2-4-6-7/h3-7,10,12,14H,8-9H2,1-2H3;2-6H,1H3. The third kappa shape index (κ3) is 7.03. The number of carbonyl (C=O) groups excluding carboxylic acids is 4. The van der Waals surface area contributed by atoms with Crippen LogP contribution < -0.4 is 0 Å². The number of ether oxygens (including phenoxy) is 2. The number of carbonyl (C=O) groups is 4. The zero-order valence-electron chi connectivity index (χ0n) is 17.9. The molecule has 2 aromatic rings. The van der Waals surface area contributed by atoms with Gasteiger partial charge in [0.25, 0.3) is 11.6 Å². The van der Waals surface area contributed by atoms with Crippen LogP contribution in [-0.2, 0) is 19.1 Å². The molecule has 2 aromatic carbocycles. The minimum atomic E-state index is -0.832. The number of esters is 2. The van der Waals surface area contributed by atoms with Crippen LogP contribution in [0, 0.1) is 5.92 Å². The maximum atomic E-state index is 11.9. The molecule has 0 fully saturated rings. The lowest BCUT2D eigenvalue weighted by Crippen LogP contribution is -2.30. The highest BCUT2D eigenvalue weighted by atomic mass is 16.5. The van der Waals surface area contributed by atoms with Crippen LogP contribution >= 0.6 is 0 Å². The van der Waals surface area contributed by atoms with Gasteiger partial charge in [-0.2, -0.15) is 0 Å². The van der Waals surface area contributed by atoms with Crippen LogP contribution in [0.15, 0.2) is 72.3 Å². The molecule has 0 N–H and O–H groups in total. The van der Waals surface area contributed by atoms with E-state index in [0.29, 0.717) is 11.1 Å². The van der Waals surface area contributed by atoms with Gasteiger partial charge >= 0.3 is 11.9 Å². The number of hydrogen-bond donors (Lipinski definition) is 0. The molecule has 0 amide bonds. The Balaban J connectivity index is 0.000000245. The van der Waals surface area contributed by atoms with E-state index in [0.717, 1.165) is 12.8 Å². The first-order valence-corrected chi connectivity index (χ1v) is 9.98. The molecule has 162 valence electrons. The molecule has 0 bridgehead atoms. The van der Waals surface area contributed by atoms with Crippen LogP contribution in [0.2, 0.25) is 0 Å². The molecule has 31 heavy (non-hydrogen) atoms. The van der Waals surface area contributed by atoms with E-state index in [2.05, 4.69) is 17.7 Å². The quantitative estimate of drug-likeness (QED) is 0.311. The predicted molar refractivity (Wildman–Crippen MR) is 116 cm³/mol. The maximum absolute atomic E-state index is 11.9. The highest BCUT2D eigenvalue weighted by Crippen LogP contribution is 2.25. The number of ketones is 2. The number of hydrogen-bond acceptors (Lipinski definition) is 6. The second-order valence-electron chi connectivity index (χ2n) is 7.24. The summed E-state index contributed by atoms with van der Waals surface area (Å²) in [5, 5.41) is 0. The molecular formula is C25H26O6. The lowest BCUT2D eigenvalue weighted by molar-refractivity contribution is -0.145. The number of Topliss-reactive ketones (excluding diaryl/α,β-unsaturated/α-hetero) is 2. The lowest BCUT2D eigenvalue weighted by Gasteiger charge is -2.26. The highest BCUT2D eigenvalue weighted by molar-refractivity contribution is 6.41. The summed E-state index contributed by atoms with van der Waals surface area (Å²) in [7, 11) is 1.18. The molecule has 0 spiro atoms. The summed E-state index contributed by atoms with van der Waals surface area (Å²) < 4.78 is 9.61. The largest absolute Gasteiger partial charge is 0.463 e. The monoisotopic (exact) mass is 422 g/mol. The fourth-order valence-electron chi connectivity index (χ4n) is 3.14. The van der Waals surface area contributed by atoms with Gasteiger partial charge < -0.3 is 9.47 Å². The molecule has 6 heteroatoms. The zero-order valence-corrected chi connectivity index (χ0v) is 17.9. The highest BCUT2D eigenvalue weighted by Gasteiger charge is 2.27. The zero-order chi connectivity index (χ0) is 22.8. The van der Waals surface area contributed by atoms with Gasteiger partial charge in [-0.05, 0) is 19.8 Å². The molecule has 0 saturated heterocycles. The predicted octanol–water partition coefficient (Wildman–Crippen LogP) is 4.20. The fraction of sp³-hybridized carbons (Fsp3) is 0.280. The lowest BCUT2D eigenvalue weighted by atomic mass is 9.90. The van der Waals surface area contributed by atoms with E-state index in [4.69, 9.17) is 4.74 Å². The molecule has 0 heterocycles. The van der Waals surface area contributed by atoms with Crippen molar-refractivity contribution in [3.8, 4) is 0 Å². The van der Waals surface area contributed by atoms with Crippen molar-refractivity contribution in [3.05, 3.63) is 83.4 Å². The molecule has 6 nitrogen and oxygen atoms in total. The van der Waals surface area contributed by atoms with E-state index in [1.807, 2.05) is 6.92 Å². The smallest absolute Gasteiger partial charge is 0.379 e. The number of allylic oxidation sites excluding steroid dienone is 1. The van der Waals surface area contributed by atoms with E-state index in [-0.39, 0.29) is 12.0 Å². The number of rotatable bonds is 5. The number of methoxy groups -OCH3 is 1. The van der Waals surface area contributed by atoms with Crippen molar-refractivity contribution in [1.29, 1.82) is 0 Å². The molecule has 0 aromatic heterocycles. The van der Waals surface area contributed by atoms with Crippen LogP contribution in [-0.4, -0.2) is 36.7 Å². The summed E-state index contributed by atoms with van der Waals surface area (Å²) >= 11 is 0. The molecule has 1 aliphatic carbocycles. The van der Waals surface area contributed by atoms with Crippen LogP contribution in [0.25, 0.3) is 0 Å². The van der Waals surface area contributed by atoms with Gasteiger partial charge in [0.1, 0.15) is 6.10 Å². The molecule has 0 radical (unpaired) electrons. The van der Waals surface area contributed by atoms with Gasteiger partial charge in [-0.1, -0.05) is 79.2 Å². The maximum Gasteiger partial charge on any atom is 0.379 e. The van der Waals surface area contributed by atoms with Crippen LogP contribution in [0.3, 0.4) is 0 Å². The van der Waals surface area contributed by atoms with E-state index in [9.17, 15) is 19.2 Å². The van der Waals surface area contributed by atoms with Crippen molar-refractivity contribution >= 4 is 23.5 Å². The van der Waals surface area contributed by atoms with Gasteiger partial charge in [0.15, 0.2) is 0 Å². The van der Waals surface area contributed by atoms with E-state index in [1.165, 1.54) is 12.7 Å². The summed E-state index contributed by atoms with van der Waals surface area (Å²) in [6, 6.07) is 16.8. The van der Waals surface area contributed by atoms with Gasteiger partial charge in [-0.3, -0.25) is 9.59 Å². The molecule has 3 rings (SSSR count). The molecule has 0 aliphatic heterocycles. The third-order valence-corrected chi connectivity index (χ3v) is 4.84. The summed E-state index contributed by atoms with van der Waals surface area (Å²) in [6.45, 7) is 4.08. The van der Waals surface area contributed by atoms with E-state index < -0.39 is 23.5 Å². The minimum Gasteiger partial charge on any atom is -0.463 e. The average molecular weight is 422 g/mol. The Morgan fingerprint density at radius 3 is 1.74 bits per heavy atom. The van der Waals surface area contributed by atoms with Gasteiger partial charge in [-0.15, -0.1) is 0 Å². The second-order valence-corrected chi connectivity index (χ2v) is 7.24. The SMILES string of the molecule is CC1=CC(C)C(OC(=O)C(=O)c2ccccc2)CC1.COC(=O)C(=O)c1ccccc1. The van der Waals surface area contributed by atoms with Gasteiger partial charge in [-0.25, -0.2) is 9.59 Å². The van der Waals surface area contributed by atoms with Gasteiger partial charge in [0.2, 0.25) is 0 Å². The first-order valence-electron chi connectivity index (χ1n) is 9.98. The Bertz CT molecular complexity index is 946. The molecule has 1 aliphatic rings. The van der Waals surface area contributed by atoms with Crippen LogP contribution in [0.5, 0.6) is 0 Å². The second kappa shape index (κ2) is 11.6. The molecule has 2 atom stereocenters. The fourth-order valence-corrected chi connectivity index (χ4v) is 3.14. The first kappa shape index (κ1) is 23.7. The van der Waals surface area contributed by atoms with Crippen molar-refractivity contribution in [3.63, 3.8) is 0 Å². The Kier molecular flexibility index (Phi) is 8.88. The van der Waals surface area contributed by atoms with Crippen molar-refractivity contribution < 1.29 is 28.7 Å². The summed E-state index contributed by atoms with van der Waals surface area (Å²) in [6.07, 6.45) is 3.62. The average Bonchev–Trinajstić information content (AvgIpc) is 2.80. The number of benzene rings is 2.